The van der Waals surface area contributed by atoms with Crippen LogP contribution in [-0.4, -0.2) is 16.8 Å². The fourth-order valence-corrected chi connectivity index (χ4v) is 3.49. The van der Waals surface area contributed by atoms with Crippen molar-refractivity contribution in [3.05, 3.63) is 83.9 Å². The Hall–Kier alpha value is -2.54. The molecule has 142 valence electrons. The molecular formula is C21H18ClN3OS2. The molecule has 0 atom stereocenters. The van der Waals surface area contributed by atoms with Gasteiger partial charge in [-0.2, -0.15) is 0 Å². The van der Waals surface area contributed by atoms with Crippen molar-refractivity contribution in [3.8, 4) is 0 Å². The molecule has 0 aliphatic heterocycles. The first-order chi connectivity index (χ1) is 13.6. The number of carbonyl (C=O) groups is 1. The molecule has 0 spiro atoms. The molecule has 3 rings (SSSR count). The second kappa shape index (κ2) is 10.1. The summed E-state index contributed by atoms with van der Waals surface area (Å²) in [5.74, 6) is 0.232. The summed E-state index contributed by atoms with van der Waals surface area (Å²) >= 11 is 12.7. The van der Waals surface area contributed by atoms with Crippen LogP contribution in [-0.2, 0) is 4.79 Å². The highest BCUT2D eigenvalue weighted by atomic mass is 35.5. The van der Waals surface area contributed by atoms with E-state index in [2.05, 4.69) is 16.0 Å². The monoisotopic (exact) mass is 427 g/mol. The number of amides is 1. The summed E-state index contributed by atoms with van der Waals surface area (Å²) in [5, 5.41) is 10.2. The summed E-state index contributed by atoms with van der Waals surface area (Å²) in [4.78, 5) is 13.1. The predicted octanol–water partition coefficient (Wildman–Crippen LogP) is 5.88. The van der Waals surface area contributed by atoms with E-state index >= 15 is 0 Å². The fraction of sp³-hybridized carbons (Fsp3) is 0.0476. The van der Waals surface area contributed by atoms with Gasteiger partial charge in [0.25, 0.3) is 0 Å². The summed E-state index contributed by atoms with van der Waals surface area (Å²) in [6, 6.07) is 24.6. The highest BCUT2D eigenvalue weighted by Crippen LogP contribution is 2.21. The van der Waals surface area contributed by atoms with Crippen LogP contribution in [0.2, 0.25) is 5.02 Å². The second-order valence-corrected chi connectivity index (χ2v) is 7.71. The normalized spacial score (nSPS) is 10.2. The number of rotatable bonds is 6. The van der Waals surface area contributed by atoms with Crippen LogP contribution in [0.25, 0.3) is 0 Å². The molecule has 0 aliphatic carbocycles. The molecule has 3 N–H and O–H groups in total. The van der Waals surface area contributed by atoms with Gasteiger partial charge >= 0.3 is 0 Å². The van der Waals surface area contributed by atoms with Crippen molar-refractivity contribution in [2.45, 2.75) is 4.90 Å². The first-order valence-corrected chi connectivity index (χ1v) is 10.3. The number of hydrogen-bond acceptors (Lipinski definition) is 3. The van der Waals surface area contributed by atoms with Crippen LogP contribution in [0.15, 0.2) is 83.8 Å². The van der Waals surface area contributed by atoms with Crippen LogP contribution in [0.3, 0.4) is 0 Å². The van der Waals surface area contributed by atoms with Gasteiger partial charge in [0.15, 0.2) is 5.11 Å². The minimum Gasteiger partial charge on any atom is -0.332 e. The number of hydrogen-bond donors (Lipinski definition) is 3. The summed E-state index contributed by atoms with van der Waals surface area (Å²) in [6.07, 6.45) is 0. The minimum absolute atomic E-state index is 0.0808. The van der Waals surface area contributed by atoms with E-state index in [1.807, 2.05) is 54.6 Å². The standard InChI is InChI=1S/C21H18ClN3OS2/c22-15-5-4-8-18(13-15)23-20(26)14-28-19-11-9-17(10-12-19)25-21(27)24-16-6-2-1-3-7-16/h1-13H,14H2,(H,23,26)(H2,24,25,27). The van der Waals surface area contributed by atoms with E-state index in [1.165, 1.54) is 11.8 Å². The largest absolute Gasteiger partial charge is 0.332 e. The van der Waals surface area contributed by atoms with Crippen molar-refractivity contribution in [3.63, 3.8) is 0 Å². The van der Waals surface area contributed by atoms with Gasteiger partial charge in [-0.1, -0.05) is 35.9 Å². The molecule has 4 nitrogen and oxygen atoms in total. The SMILES string of the molecule is O=C(CSc1ccc(NC(=S)Nc2ccccc2)cc1)Nc1cccc(Cl)c1. The Balaban J connectivity index is 1.46. The van der Waals surface area contributed by atoms with Crippen molar-refractivity contribution < 1.29 is 4.79 Å². The van der Waals surface area contributed by atoms with Crippen LogP contribution < -0.4 is 16.0 Å². The van der Waals surface area contributed by atoms with Gasteiger partial charge in [0.2, 0.25) is 5.91 Å². The molecule has 0 saturated carbocycles. The van der Waals surface area contributed by atoms with Crippen molar-refractivity contribution in [1.82, 2.24) is 0 Å². The number of para-hydroxylation sites is 1. The average molecular weight is 428 g/mol. The molecule has 0 unspecified atom stereocenters. The van der Waals surface area contributed by atoms with Crippen LogP contribution in [0.4, 0.5) is 17.1 Å². The summed E-state index contributed by atoms with van der Waals surface area (Å²) in [5.41, 5.74) is 2.50. The first-order valence-electron chi connectivity index (χ1n) is 8.50. The molecule has 7 heteroatoms. The van der Waals surface area contributed by atoms with Gasteiger partial charge in [0, 0.05) is 27.0 Å². The first kappa shape index (κ1) is 20.2. The highest BCUT2D eigenvalue weighted by Gasteiger charge is 2.05. The van der Waals surface area contributed by atoms with E-state index in [0.29, 0.717) is 21.6 Å². The lowest BCUT2D eigenvalue weighted by Crippen LogP contribution is -2.18. The van der Waals surface area contributed by atoms with Crippen LogP contribution in [0, 0.1) is 0 Å². The molecular weight excluding hydrogens is 410 g/mol. The Bertz CT molecular complexity index is 949. The molecule has 28 heavy (non-hydrogen) atoms. The number of thiocarbonyl (C=S) groups is 1. The predicted molar refractivity (Wildman–Crippen MR) is 124 cm³/mol. The molecule has 0 aromatic heterocycles. The zero-order valence-electron chi connectivity index (χ0n) is 14.8. The average Bonchev–Trinajstić information content (AvgIpc) is 2.68. The van der Waals surface area contributed by atoms with Gasteiger partial charge < -0.3 is 16.0 Å². The molecule has 0 fully saturated rings. The van der Waals surface area contributed by atoms with Crippen molar-refractivity contribution in [2.75, 3.05) is 21.7 Å². The molecule has 0 aliphatic rings. The van der Waals surface area contributed by atoms with E-state index < -0.39 is 0 Å². The smallest absolute Gasteiger partial charge is 0.234 e. The Labute approximate surface area is 178 Å². The fourth-order valence-electron chi connectivity index (χ4n) is 2.36. The summed E-state index contributed by atoms with van der Waals surface area (Å²) < 4.78 is 0. The Morgan fingerprint density at radius 1 is 0.821 bits per heavy atom. The number of benzene rings is 3. The third-order valence-electron chi connectivity index (χ3n) is 3.62. The Morgan fingerprint density at radius 3 is 2.14 bits per heavy atom. The van der Waals surface area contributed by atoms with E-state index in [-0.39, 0.29) is 5.91 Å². The molecule has 0 radical (unpaired) electrons. The van der Waals surface area contributed by atoms with Gasteiger partial charge in [0.05, 0.1) is 5.75 Å². The lowest BCUT2D eigenvalue weighted by atomic mass is 10.3. The molecule has 1 amide bonds. The zero-order valence-corrected chi connectivity index (χ0v) is 17.2. The third kappa shape index (κ3) is 6.56. The maximum atomic E-state index is 12.1. The summed E-state index contributed by atoms with van der Waals surface area (Å²) in [6.45, 7) is 0. The van der Waals surface area contributed by atoms with Crippen LogP contribution in [0.1, 0.15) is 0 Å². The quantitative estimate of drug-likeness (QED) is 0.339. The molecule has 0 bridgehead atoms. The van der Waals surface area contributed by atoms with Gasteiger partial charge in [-0.05, 0) is 66.8 Å². The van der Waals surface area contributed by atoms with E-state index in [1.54, 1.807) is 24.3 Å². The molecule has 3 aromatic rings. The lowest BCUT2D eigenvalue weighted by Gasteiger charge is -2.11. The molecule has 0 saturated heterocycles. The Kier molecular flexibility index (Phi) is 7.31. The number of halogens is 1. The van der Waals surface area contributed by atoms with E-state index in [9.17, 15) is 4.79 Å². The van der Waals surface area contributed by atoms with Crippen molar-refractivity contribution in [2.24, 2.45) is 0 Å². The second-order valence-electron chi connectivity index (χ2n) is 5.82. The number of carbonyl (C=O) groups excluding carboxylic acids is 1. The van der Waals surface area contributed by atoms with Gasteiger partial charge in [0.1, 0.15) is 0 Å². The number of nitrogens with one attached hydrogen (secondary N) is 3. The lowest BCUT2D eigenvalue weighted by molar-refractivity contribution is -0.113. The van der Waals surface area contributed by atoms with Gasteiger partial charge in [-0.25, -0.2) is 0 Å². The maximum Gasteiger partial charge on any atom is 0.234 e. The minimum atomic E-state index is -0.0808. The van der Waals surface area contributed by atoms with Crippen molar-refractivity contribution >= 4 is 63.7 Å². The molecule has 0 heterocycles. The number of anilines is 3. The van der Waals surface area contributed by atoms with E-state index in [0.717, 1.165) is 16.3 Å². The Morgan fingerprint density at radius 2 is 1.46 bits per heavy atom. The number of thioether (sulfide) groups is 1. The summed E-state index contributed by atoms with van der Waals surface area (Å²) in [7, 11) is 0. The van der Waals surface area contributed by atoms with Crippen molar-refractivity contribution in [1.29, 1.82) is 0 Å². The maximum absolute atomic E-state index is 12.1. The topological polar surface area (TPSA) is 53.2 Å². The van der Waals surface area contributed by atoms with Crippen LogP contribution in [0.5, 0.6) is 0 Å². The van der Waals surface area contributed by atoms with E-state index in [4.69, 9.17) is 23.8 Å². The molecule has 3 aromatic carbocycles. The van der Waals surface area contributed by atoms with Gasteiger partial charge in [-0.3, -0.25) is 4.79 Å². The van der Waals surface area contributed by atoms with Crippen LogP contribution >= 0.6 is 35.6 Å². The van der Waals surface area contributed by atoms with Gasteiger partial charge in [-0.15, -0.1) is 11.8 Å². The highest BCUT2D eigenvalue weighted by molar-refractivity contribution is 8.00. The zero-order chi connectivity index (χ0) is 19.8. The third-order valence-corrected chi connectivity index (χ3v) is 5.07.